The fourth-order valence-corrected chi connectivity index (χ4v) is 4.19. The number of carbonyl (C=O) groups is 1. The van der Waals surface area contributed by atoms with E-state index in [1.54, 1.807) is 22.8 Å². The van der Waals surface area contributed by atoms with Crippen LogP contribution in [0.1, 0.15) is 23.2 Å². The van der Waals surface area contributed by atoms with Crippen molar-refractivity contribution in [1.82, 2.24) is 9.55 Å². The Bertz CT molecular complexity index is 1080. The molecule has 1 atom stereocenters. The molecule has 2 heterocycles. The van der Waals surface area contributed by atoms with Gasteiger partial charge >= 0.3 is 0 Å². The molecule has 0 amide bonds. The summed E-state index contributed by atoms with van der Waals surface area (Å²) in [5.41, 5.74) is 0.764. The first-order valence-electron chi connectivity index (χ1n) is 9.14. The number of nitrogens with zero attached hydrogens (tertiary/aromatic N) is 2. The highest BCUT2D eigenvalue weighted by Gasteiger charge is 2.21. The maximum absolute atomic E-state index is 13.4. The molecule has 1 aromatic heterocycles. The van der Waals surface area contributed by atoms with Gasteiger partial charge in [0.05, 0.1) is 29.3 Å². The Kier molecular flexibility index (Phi) is 5.54. The maximum Gasteiger partial charge on any atom is 0.262 e. The monoisotopic (exact) mass is 398 g/mol. The number of halogens is 1. The molecule has 0 aliphatic carbocycles. The van der Waals surface area contributed by atoms with Crippen LogP contribution in [-0.4, -0.2) is 33.8 Å². The number of fused-ring (bicyclic) bond motifs is 1. The molecule has 7 heteroatoms. The van der Waals surface area contributed by atoms with Crippen LogP contribution in [-0.2, 0) is 11.3 Å². The van der Waals surface area contributed by atoms with Crippen LogP contribution in [0, 0.1) is 5.82 Å². The molecule has 0 radical (unpaired) electrons. The molecular formula is C21H19FN2O3S. The summed E-state index contributed by atoms with van der Waals surface area (Å²) in [6, 6.07) is 12.8. The van der Waals surface area contributed by atoms with Crippen molar-refractivity contribution in [2.75, 3.05) is 12.4 Å². The van der Waals surface area contributed by atoms with Crippen molar-refractivity contribution in [3.05, 3.63) is 70.3 Å². The molecule has 1 fully saturated rings. The third kappa shape index (κ3) is 4.00. The second-order valence-corrected chi connectivity index (χ2v) is 7.63. The number of carbonyl (C=O) groups excluding carboxylic acids is 1. The van der Waals surface area contributed by atoms with E-state index in [1.807, 2.05) is 12.1 Å². The second kappa shape index (κ2) is 8.24. The molecule has 0 spiro atoms. The van der Waals surface area contributed by atoms with E-state index in [4.69, 9.17) is 4.74 Å². The predicted molar refractivity (Wildman–Crippen MR) is 106 cm³/mol. The summed E-state index contributed by atoms with van der Waals surface area (Å²) >= 11 is 1.19. The maximum atomic E-state index is 13.4. The highest BCUT2D eigenvalue weighted by molar-refractivity contribution is 7.99. The Morgan fingerprint density at radius 2 is 2.11 bits per heavy atom. The Morgan fingerprint density at radius 3 is 2.89 bits per heavy atom. The topological polar surface area (TPSA) is 61.2 Å². The zero-order valence-electron chi connectivity index (χ0n) is 15.1. The van der Waals surface area contributed by atoms with Gasteiger partial charge < -0.3 is 4.74 Å². The lowest BCUT2D eigenvalue weighted by molar-refractivity contribution is 0.0937. The molecule has 144 valence electrons. The second-order valence-electron chi connectivity index (χ2n) is 6.68. The highest BCUT2D eigenvalue weighted by atomic mass is 32.2. The summed E-state index contributed by atoms with van der Waals surface area (Å²) in [5, 5.41) is 1.02. The van der Waals surface area contributed by atoms with Gasteiger partial charge in [-0.3, -0.25) is 14.2 Å². The molecular weight excluding hydrogens is 379 g/mol. The fourth-order valence-electron chi connectivity index (χ4n) is 3.29. The minimum atomic E-state index is -0.449. The first kappa shape index (κ1) is 18.8. The summed E-state index contributed by atoms with van der Waals surface area (Å²) in [4.78, 5) is 30.1. The zero-order valence-corrected chi connectivity index (χ0v) is 16.0. The van der Waals surface area contributed by atoms with Gasteiger partial charge in [-0.05, 0) is 37.1 Å². The van der Waals surface area contributed by atoms with Crippen molar-refractivity contribution in [3.8, 4) is 0 Å². The number of ether oxygens (including phenoxy) is 1. The lowest BCUT2D eigenvalue weighted by atomic mass is 10.1. The van der Waals surface area contributed by atoms with Gasteiger partial charge in [0, 0.05) is 12.2 Å². The van der Waals surface area contributed by atoms with E-state index in [9.17, 15) is 14.0 Å². The number of ketones is 1. The van der Waals surface area contributed by atoms with Crippen LogP contribution < -0.4 is 5.56 Å². The molecule has 5 nitrogen and oxygen atoms in total. The summed E-state index contributed by atoms with van der Waals surface area (Å²) in [7, 11) is 0. The predicted octanol–water partition coefficient (Wildman–Crippen LogP) is 3.69. The van der Waals surface area contributed by atoms with Crippen LogP contribution in [0.25, 0.3) is 10.9 Å². The standard InChI is InChI=1S/C21H19FN2O3S/c22-15-6-3-5-14(11-15)19(25)13-28-21-23-18-9-2-1-8-17(18)20(26)24(21)12-16-7-4-10-27-16/h1-3,5-6,8-9,11,16H,4,7,10,12-13H2/t16-/m1/s1. The van der Waals surface area contributed by atoms with Crippen LogP contribution in [0.2, 0.25) is 0 Å². The number of para-hydroxylation sites is 1. The van der Waals surface area contributed by atoms with Crippen molar-refractivity contribution in [2.24, 2.45) is 0 Å². The van der Waals surface area contributed by atoms with Gasteiger partial charge in [-0.25, -0.2) is 9.37 Å². The van der Waals surface area contributed by atoms with Crippen molar-refractivity contribution < 1.29 is 13.9 Å². The summed E-state index contributed by atoms with van der Waals surface area (Å²) in [5.74, 6) is -0.592. The Morgan fingerprint density at radius 1 is 1.25 bits per heavy atom. The third-order valence-electron chi connectivity index (χ3n) is 4.72. The lowest BCUT2D eigenvalue weighted by Crippen LogP contribution is -2.29. The Hall–Kier alpha value is -2.51. The third-order valence-corrected chi connectivity index (χ3v) is 5.69. The first-order valence-corrected chi connectivity index (χ1v) is 10.1. The number of aromatic nitrogens is 2. The number of hydrogen-bond acceptors (Lipinski definition) is 5. The highest BCUT2D eigenvalue weighted by Crippen LogP contribution is 2.22. The molecule has 3 aromatic rings. The number of thioether (sulfide) groups is 1. The molecule has 4 rings (SSSR count). The number of rotatable bonds is 6. The van der Waals surface area contributed by atoms with E-state index in [0.717, 1.165) is 12.8 Å². The van der Waals surface area contributed by atoms with E-state index in [2.05, 4.69) is 4.98 Å². The van der Waals surface area contributed by atoms with Gasteiger partial charge in [0.1, 0.15) is 5.82 Å². The zero-order chi connectivity index (χ0) is 19.5. The van der Waals surface area contributed by atoms with Crippen LogP contribution in [0.5, 0.6) is 0 Å². The molecule has 0 saturated carbocycles. The Balaban J connectivity index is 1.64. The number of benzene rings is 2. The molecule has 2 aromatic carbocycles. The molecule has 0 bridgehead atoms. The molecule has 1 saturated heterocycles. The van der Waals surface area contributed by atoms with Crippen LogP contribution in [0.3, 0.4) is 0 Å². The van der Waals surface area contributed by atoms with Gasteiger partial charge in [-0.15, -0.1) is 0 Å². The van der Waals surface area contributed by atoms with Crippen molar-refractivity contribution in [3.63, 3.8) is 0 Å². The minimum Gasteiger partial charge on any atom is -0.376 e. The molecule has 1 aliphatic rings. The van der Waals surface area contributed by atoms with Crippen molar-refractivity contribution in [2.45, 2.75) is 30.6 Å². The first-order chi connectivity index (χ1) is 13.6. The van der Waals surface area contributed by atoms with Gasteiger partial charge in [-0.1, -0.05) is 36.0 Å². The van der Waals surface area contributed by atoms with E-state index in [1.165, 1.54) is 30.0 Å². The van der Waals surface area contributed by atoms with Gasteiger partial charge in [-0.2, -0.15) is 0 Å². The smallest absolute Gasteiger partial charge is 0.262 e. The summed E-state index contributed by atoms with van der Waals surface area (Å²) in [6.07, 6.45) is 1.84. The van der Waals surface area contributed by atoms with E-state index < -0.39 is 5.82 Å². The van der Waals surface area contributed by atoms with Gasteiger partial charge in [0.15, 0.2) is 10.9 Å². The van der Waals surface area contributed by atoms with E-state index in [0.29, 0.717) is 34.8 Å². The van der Waals surface area contributed by atoms with Crippen molar-refractivity contribution >= 4 is 28.4 Å². The Labute approximate surface area is 165 Å². The van der Waals surface area contributed by atoms with Crippen LogP contribution in [0.4, 0.5) is 4.39 Å². The van der Waals surface area contributed by atoms with E-state index >= 15 is 0 Å². The normalized spacial score (nSPS) is 16.5. The SMILES string of the molecule is O=C(CSc1nc2ccccc2c(=O)n1C[C@H]1CCCO1)c1cccc(F)c1. The molecule has 0 unspecified atom stereocenters. The molecule has 0 N–H and O–H groups in total. The minimum absolute atomic E-state index is 0.0288. The van der Waals surface area contributed by atoms with Crippen LogP contribution in [0.15, 0.2) is 58.5 Å². The summed E-state index contributed by atoms with van der Waals surface area (Å²) in [6.45, 7) is 1.11. The largest absolute Gasteiger partial charge is 0.376 e. The number of Topliss-reactive ketones (excluding diaryl/α,β-unsaturated/α-hetero) is 1. The van der Waals surface area contributed by atoms with Crippen molar-refractivity contribution in [1.29, 1.82) is 0 Å². The van der Waals surface area contributed by atoms with Crippen LogP contribution >= 0.6 is 11.8 Å². The molecule has 28 heavy (non-hydrogen) atoms. The van der Waals surface area contributed by atoms with Gasteiger partial charge in [0.25, 0.3) is 5.56 Å². The fraction of sp³-hybridized carbons (Fsp3) is 0.286. The lowest BCUT2D eigenvalue weighted by Gasteiger charge is -2.16. The molecule has 1 aliphatic heterocycles. The van der Waals surface area contributed by atoms with E-state index in [-0.39, 0.29) is 23.2 Å². The summed E-state index contributed by atoms with van der Waals surface area (Å²) < 4.78 is 20.7. The average molecular weight is 398 g/mol. The average Bonchev–Trinajstić information content (AvgIpc) is 3.22. The van der Waals surface area contributed by atoms with Gasteiger partial charge in [0.2, 0.25) is 0 Å². The quantitative estimate of drug-likeness (QED) is 0.360. The number of hydrogen-bond donors (Lipinski definition) is 0.